The van der Waals surface area contributed by atoms with Crippen LogP contribution in [0.2, 0.25) is 0 Å². The minimum atomic E-state index is -0.511. The van der Waals surface area contributed by atoms with Crippen LogP contribution in [0.5, 0.6) is 0 Å². The number of hydrogen-bond donors (Lipinski definition) is 2. The number of amides is 3. The van der Waals surface area contributed by atoms with Gasteiger partial charge in [-0.15, -0.1) is 0 Å². The molecule has 0 radical (unpaired) electrons. The van der Waals surface area contributed by atoms with E-state index < -0.39 is 5.91 Å². The molecule has 29 heavy (non-hydrogen) atoms. The van der Waals surface area contributed by atoms with E-state index in [9.17, 15) is 14.4 Å². The van der Waals surface area contributed by atoms with Crippen molar-refractivity contribution < 1.29 is 14.4 Å². The zero-order chi connectivity index (χ0) is 20.8. The quantitative estimate of drug-likeness (QED) is 0.680. The van der Waals surface area contributed by atoms with E-state index in [0.29, 0.717) is 16.8 Å². The summed E-state index contributed by atoms with van der Waals surface area (Å²) < 4.78 is 0. The third-order valence-electron chi connectivity index (χ3n) is 4.44. The number of carbonyl (C=O) groups excluding carboxylic acids is 3. The van der Waals surface area contributed by atoms with Crippen molar-refractivity contribution in [1.29, 1.82) is 0 Å². The van der Waals surface area contributed by atoms with Gasteiger partial charge >= 0.3 is 0 Å². The van der Waals surface area contributed by atoms with Gasteiger partial charge in [0.25, 0.3) is 5.91 Å². The molecule has 0 bridgehead atoms. The number of anilines is 2. The molecular formula is C23H21N3O3. The maximum absolute atomic E-state index is 12.7. The molecule has 0 aliphatic rings. The highest BCUT2D eigenvalue weighted by molar-refractivity contribution is 6.06. The summed E-state index contributed by atoms with van der Waals surface area (Å²) in [7, 11) is 1.71. The zero-order valence-electron chi connectivity index (χ0n) is 16.0. The third kappa shape index (κ3) is 5.07. The van der Waals surface area contributed by atoms with Crippen molar-refractivity contribution >= 4 is 29.1 Å². The summed E-state index contributed by atoms with van der Waals surface area (Å²) in [5.41, 5.74) is 8.15. The van der Waals surface area contributed by atoms with Crippen LogP contribution >= 0.6 is 0 Å². The van der Waals surface area contributed by atoms with Crippen molar-refractivity contribution in [2.75, 3.05) is 17.3 Å². The van der Waals surface area contributed by atoms with Crippen LogP contribution in [0.15, 0.2) is 78.9 Å². The minimum absolute atomic E-state index is 0.140. The molecule has 3 amide bonds. The monoisotopic (exact) mass is 387 g/mol. The molecule has 3 N–H and O–H groups in total. The maximum atomic E-state index is 12.7. The number of rotatable bonds is 6. The second-order valence-electron chi connectivity index (χ2n) is 6.57. The summed E-state index contributed by atoms with van der Waals surface area (Å²) in [6.07, 6.45) is 0.140. The van der Waals surface area contributed by atoms with Crippen molar-refractivity contribution in [2.24, 2.45) is 5.73 Å². The molecule has 3 rings (SSSR count). The Morgan fingerprint density at radius 1 is 0.862 bits per heavy atom. The van der Waals surface area contributed by atoms with E-state index in [0.717, 1.165) is 11.3 Å². The Hall–Kier alpha value is -3.93. The number of nitrogens with zero attached hydrogens (tertiary/aromatic N) is 1. The number of para-hydroxylation sites is 1. The van der Waals surface area contributed by atoms with Gasteiger partial charge in [0.2, 0.25) is 11.8 Å². The number of nitrogens with one attached hydrogen (secondary N) is 1. The SMILES string of the molecule is CN(C(=O)c1cccc(NC(=O)Cc2ccc(C(N)=O)cc2)c1)c1ccccc1. The third-order valence-corrected chi connectivity index (χ3v) is 4.44. The summed E-state index contributed by atoms with van der Waals surface area (Å²) in [4.78, 5) is 37.7. The van der Waals surface area contributed by atoms with Crippen LogP contribution in [0.3, 0.4) is 0 Å². The molecule has 0 saturated carbocycles. The van der Waals surface area contributed by atoms with Gasteiger partial charge in [0.05, 0.1) is 6.42 Å². The number of benzene rings is 3. The fourth-order valence-electron chi connectivity index (χ4n) is 2.87. The van der Waals surface area contributed by atoms with E-state index >= 15 is 0 Å². The summed E-state index contributed by atoms with van der Waals surface area (Å²) in [6, 6.07) is 22.7. The Morgan fingerprint density at radius 3 is 2.21 bits per heavy atom. The normalized spacial score (nSPS) is 10.2. The lowest BCUT2D eigenvalue weighted by Crippen LogP contribution is -2.26. The average molecular weight is 387 g/mol. The van der Waals surface area contributed by atoms with E-state index in [1.807, 2.05) is 30.3 Å². The second-order valence-corrected chi connectivity index (χ2v) is 6.57. The van der Waals surface area contributed by atoms with Crippen molar-refractivity contribution in [3.8, 4) is 0 Å². The van der Waals surface area contributed by atoms with Gasteiger partial charge in [0, 0.05) is 29.5 Å². The van der Waals surface area contributed by atoms with Gasteiger partial charge in [0.15, 0.2) is 0 Å². The summed E-state index contributed by atoms with van der Waals surface area (Å²) in [6.45, 7) is 0. The van der Waals surface area contributed by atoms with E-state index in [2.05, 4.69) is 5.32 Å². The van der Waals surface area contributed by atoms with Gasteiger partial charge in [-0.1, -0.05) is 36.4 Å². The fourth-order valence-corrected chi connectivity index (χ4v) is 2.87. The fraction of sp³-hybridized carbons (Fsp3) is 0.0870. The first-order chi connectivity index (χ1) is 13.9. The Morgan fingerprint density at radius 2 is 1.55 bits per heavy atom. The average Bonchev–Trinajstić information content (AvgIpc) is 2.73. The number of nitrogens with two attached hydrogens (primary N) is 1. The predicted molar refractivity (Wildman–Crippen MR) is 113 cm³/mol. The summed E-state index contributed by atoms with van der Waals surface area (Å²) in [5, 5.41) is 2.80. The van der Waals surface area contributed by atoms with Gasteiger partial charge in [-0.2, -0.15) is 0 Å². The van der Waals surface area contributed by atoms with E-state index in [1.54, 1.807) is 60.5 Å². The highest BCUT2D eigenvalue weighted by Crippen LogP contribution is 2.18. The Kier molecular flexibility index (Phi) is 6.04. The van der Waals surface area contributed by atoms with Crippen molar-refractivity contribution in [1.82, 2.24) is 0 Å². The molecule has 146 valence electrons. The van der Waals surface area contributed by atoms with Crippen molar-refractivity contribution in [3.05, 3.63) is 95.6 Å². The van der Waals surface area contributed by atoms with Crippen LogP contribution in [0, 0.1) is 0 Å². The lowest BCUT2D eigenvalue weighted by Gasteiger charge is -2.17. The van der Waals surface area contributed by atoms with Crippen molar-refractivity contribution in [3.63, 3.8) is 0 Å². The van der Waals surface area contributed by atoms with Gasteiger partial charge < -0.3 is 16.0 Å². The Bertz CT molecular complexity index is 1030. The molecular weight excluding hydrogens is 366 g/mol. The highest BCUT2D eigenvalue weighted by atomic mass is 16.2. The van der Waals surface area contributed by atoms with Crippen LogP contribution in [-0.2, 0) is 11.2 Å². The van der Waals surface area contributed by atoms with Crippen LogP contribution in [0.4, 0.5) is 11.4 Å². The molecule has 0 heterocycles. The molecule has 6 nitrogen and oxygen atoms in total. The zero-order valence-corrected chi connectivity index (χ0v) is 16.0. The molecule has 0 aromatic heterocycles. The first kappa shape index (κ1) is 19.8. The molecule has 0 unspecified atom stereocenters. The van der Waals surface area contributed by atoms with Gasteiger partial charge in [-0.05, 0) is 48.0 Å². The maximum Gasteiger partial charge on any atom is 0.258 e. The van der Waals surface area contributed by atoms with Gasteiger partial charge in [0.1, 0.15) is 0 Å². The van der Waals surface area contributed by atoms with Gasteiger partial charge in [-0.25, -0.2) is 0 Å². The summed E-state index contributed by atoms with van der Waals surface area (Å²) in [5.74, 6) is -0.907. The molecule has 0 aliphatic carbocycles. The summed E-state index contributed by atoms with van der Waals surface area (Å²) >= 11 is 0. The van der Waals surface area contributed by atoms with E-state index in [4.69, 9.17) is 5.73 Å². The molecule has 0 fully saturated rings. The molecule has 0 atom stereocenters. The molecule has 3 aromatic carbocycles. The van der Waals surface area contributed by atoms with E-state index in [1.165, 1.54) is 0 Å². The number of primary amides is 1. The Labute approximate surface area is 169 Å². The Balaban J connectivity index is 1.66. The smallest absolute Gasteiger partial charge is 0.258 e. The molecule has 6 heteroatoms. The number of carbonyl (C=O) groups is 3. The standard InChI is InChI=1S/C23H21N3O3/c1-26(20-8-3-2-4-9-20)23(29)18-6-5-7-19(15-18)25-21(27)14-16-10-12-17(13-11-16)22(24)28/h2-13,15H,14H2,1H3,(H2,24,28)(H,25,27). The second kappa shape index (κ2) is 8.84. The largest absolute Gasteiger partial charge is 0.366 e. The topological polar surface area (TPSA) is 92.5 Å². The molecule has 0 spiro atoms. The van der Waals surface area contributed by atoms with Gasteiger partial charge in [-0.3, -0.25) is 14.4 Å². The predicted octanol–water partition coefficient (Wildman–Crippen LogP) is 3.24. The molecule has 3 aromatic rings. The van der Waals surface area contributed by atoms with E-state index in [-0.39, 0.29) is 18.2 Å². The minimum Gasteiger partial charge on any atom is -0.366 e. The van der Waals surface area contributed by atoms with Crippen LogP contribution in [0.25, 0.3) is 0 Å². The highest BCUT2D eigenvalue weighted by Gasteiger charge is 2.14. The van der Waals surface area contributed by atoms with Crippen LogP contribution < -0.4 is 16.0 Å². The first-order valence-corrected chi connectivity index (χ1v) is 9.06. The van der Waals surface area contributed by atoms with Crippen LogP contribution in [-0.4, -0.2) is 24.8 Å². The lowest BCUT2D eigenvalue weighted by molar-refractivity contribution is -0.115. The molecule has 0 saturated heterocycles. The lowest BCUT2D eigenvalue weighted by atomic mass is 10.1. The van der Waals surface area contributed by atoms with Crippen molar-refractivity contribution in [2.45, 2.75) is 6.42 Å². The number of hydrogen-bond acceptors (Lipinski definition) is 3. The molecule has 0 aliphatic heterocycles. The first-order valence-electron chi connectivity index (χ1n) is 9.06. The van der Waals surface area contributed by atoms with Crippen LogP contribution in [0.1, 0.15) is 26.3 Å².